The van der Waals surface area contributed by atoms with E-state index in [9.17, 15) is 4.79 Å². The predicted molar refractivity (Wildman–Crippen MR) is 84.1 cm³/mol. The largest absolute Gasteiger partial charge is 0.457 e. The number of pyridine rings is 1. The molecule has 1 amide bonds. The first-order valence-electron chi connectivity index (χ1n) is 7.51. The molecule has 2 N–H and O–H groups in total. The van der Waals surface area contributed by atoms with Crippen molar-refractivity contribution in [2.45, 2.75) is 18.9 Å². The van der Waals surface area contributed by atoms with Crippen LogP contribution in [-0.4, -0.2) is 30.0 Å². The second kappa shape index (κ2) is 7.04. The van der Waals surface area contributed by atoms with Crippen molar-refractivity contribution < 1.29 is 9.53 Å². The molecule has 1 aliphatic rings. The number of aromatic nitrogens is 1. The SMILES string of the molecule is O=C(NCC1CCCN1)c1cccc(Oc2ccncc2)c1. The quantitative estimate of drug-likeness (QED) is 0.889. The Hall–Kier alpha value is -2.40. The zero-order valence-electron chi connectivity index (χ0n) is 12.3. The second-order valence-corrected chi connectivity index (χ2v) is 5.32. The average molecular weight is 297 g/mol. The number of ether oxygens (including phenoxy) is 1. The minimum absolute atomic E-state index is 0.0751. The Balaban J connectivity index is 1.61. The van der Waals surface area contributed by atoms with E-state index >= 15 is 0 Å². The van der Waals surface area contributed by atoms with Crippen LogP contribution in [0.5, 0.6) is 11.5 Å². The maximum absolute atomic E-state index is 12.2. The number of amides is 1. The number of carbonyl (C=O) groups excluding carboxylic acids is 1. The monoisotopic (exact) mass is 297 g/mol. The van der Waals surface area contributed by atoms with Gasteiger partial charge in [-0.3, -0.25) is 9.78 Å². The van der Waals surface area contributed by atoms with Crippen LogP contribution in [0.1, 0.15) is 23.2 Å². The molecule has 1 fully saturated rings. The summed E-state index contributed by atoms with van der Waals surface area (Å²) in [7, 11) is 0. The first kappa shape index (κ1) is 14.5. The van der Waals surface area contributed by atoms with E-state index in [0.29, 0.717) is 29.6 Å². The van der Waals surface area contributed by atoms with E-state index in [4.69, 9.17) is 4.74 Å². The van der Waals surface area contributed by atoms with Crippen LogP contribution in [0.2, 0.25) is 0 Å². The van der Waals surface area contributed by atoms with Gasteiger partial charge in [-0.2, -0.15) is 0 Å². The predicted octanol–water partition coefficient (Wildman–Crippen LogP) is 2.36. The van der Waals surface area contributed by atoms with Gasteiger partial charge in [-0.15, -0.1) is 0 Å². The maximum Gasteiger partial charge on any atom is 0.251 e. The summed E-state index contributed by atoms with van der Waals surface area (Å²) in [5, 5.41) is 6.33. The van der Waals surface area contributed by atoms with Gasteiger partial charge < -0.3 is 15.4 Å². The van der Waals surface area contributed by atoms with Crippen molar-refractivity contribution in [3.05, 3.63) is 54.4 Å². The van der Waals surface area contributed by atoms with E-state index in [0.717, 1.165) is 13.0 Å². The second-order valence-electron chi connectivity index (χ2n) is 5.32. The summed E-state index contributed by atoms with van der Waals surface area (Å²) in [5.74, 6) is 1.26. The third-order valence-corrected chi connectivity index (χ3v) is 3.65. The van der Waals surface area contributed by atoms with Crippen molar-refractivity contribution in [2.24, 2.45) is 0 Å². The zero-order chi connectivity index (χ0) is 15.2. The molecule has 0 radical (unpaired) electrons. The molecule has 1 aromatic carbocycles. The first-order valence-corrected chi connectivity index (χ1v) is 7.51. The highest BCUT2D eigenvalue weighted by atomic mass is 16.5. The molecule has 5 nitrogen and oxygen atoms in total. The van der Waals surface area contributed by atoms with E-state index in [1.807, 2.05) is 12.1 Å². The fourth-order valence-corrected chi connectivity index (χ4v) is 2.49. The Morgan fingerprint density at radius 1 is 1.27 bits per heavy atom. The number of nitrogens with one attached hydrogen (secondary N) is 2. The van der Waals surface area contributed by atoms with Gasteiger partial charge in [0.05, 0.1) is 0 Å². The van der Waals surface area contributed by atoms with Crippen molar-refractivity contribution in [1.29, 1.82) is 0 Å². The molecule has 22 heavy (non-hydrogen) atoms. The van der Waals surface area contributed by atoms with Gasteiger partial charge in [0, 0.05) is 30.5 Å². The average Bonchev–Trinajstić information content (AvgIpc) is 3.07. The van der Waals surface area contributed by atoms with Crippen molar-refractivity contribution in [3.63, 3.8) is 0 Å². The highest BCUT2D eigenvalue weighted by molar-refractivity contribution is 5.94. The summed E-state index contributed by atoms with van der Waals surface area (Å²) < 4.78 is 5.71. The van der Waals surface area contributed by atoms with Gasteiger partial charge in [0.2, 0.25) is 0 Å². The van der Waals surface area contributed by atoms with Gasteiger partial charge in [0.25, 0.3) is 5.91 Å². The molecule has 2 aromatic rings. The molecule has 1 atom stereocenters. The minimum atomic E-state index is -0.0751. The number of hydrogen-bond acceptors (Lipinski definition) is 4. The molecule has 5 heteroatoms. The van der Waals surface area contributed by atoms with Crippen molar-refractivity contribution in [3.8, 4) is 11.5 Å². The van der Waals surface area contributed by atoms with E-state index in [1.165, 1.54) is 6.42 Å². The van der Waals surface area contributed by atoms with E-state index in [1.54, 1.807) is 36.7 Å². The number of nitrogens with zero attached hydrogens (tertiary/aromatic N) is 1. The summed E-state index contributed by atoms with van der Waals surface area (Å²) >= 11 is 0. The van der Waals surface area contributed by atoms with Crippen molar-refractivity contribution in [2.75, 3.05) is 13.1 Å². The third-order valence-electron chi connectivity index (χ3n) is 3.65. The highest BCUT2D eigenvalue weighted by Gasteiger charge is 2.15. The molecule has 1 aromatic heterocycles. The summed E-state index contributed by atoms with van der Waals surface area (Å²) in [6, 6.07) is 11.1. The van der Waals surface area contributed by atoms with Crippen LogP contribution >= 0.6 is 0 Å². The molecule has 1 unspecified atom stereocenters. The maximum atomic E-state index is 12.2. The molecule has 0 bridgehead atoms. The molecule has 3 rings (SSSR count). The minimum Gasteiger partial charge on any atom is -0.457 e. The normalized spacial score (nSPS) is 17.2. The molecule has 2 heterocycles. The van der Waals surface area contributed by atoms with Gasteiger partial charge in [0.1, 0.15) is 11.5 Å². The Morgan fingerprint density at radius 2 is 2.14 bits per heavy atom. The van der Waals surface area contributed by atoms with Crippen LogP contribution in [0.4, 0.5) is 0 Å². The molecular weight excluding hydrogens is 278 g/mol. The topological polar surface area (TPSA) is 63.2 Å². The van der Waals surface area contributed by atoms with Crippen molar-refractivity contribution >= 4 is 5.91 Å². The number of hydrogen-bond donors (Lipinski definition) is 2. The van der Waals surface area contributed by atoms with Crippen LogP contribution in [0, 0.1) is 0 Å². The standard InChI is InChI=1S/C17H19N3O2/c21-17(20-12-14-4-2-8-19-14)13-3-1-5-16(11-13)22-15-6-9-18-10-7-15/h1,3,5-7,9-11,14,19H,2,4,8,12H2,(H,20,21). The summed E-state index contributed by atoms with van der Waals surface area (Å²) in [5.41, 5.74) is 0.601. The van der Waals surface area contributed by atoms with Gasteiger partial charge in [-0.1, -0.05) is 6.07 Å². The zero-order valence-corrected chi connectivity index (χ0v) is 12.3. The lowest BCUT2D eigenvalue weighted by Crippen LogP contribution is -2.37. The van der Waals surface area contributed by atoms with Gasteiger partial charge >= 0.3 is 0 Å². The molecule has 0 spiro atoms. The van der Waals surface area contributed by atoms with E-state index in [2.05, 4.69) is 15.6 Å². The fraction of sp³-hybridized carbons (Fsp3) is 0.294. The van der Waals surface area contributed by atoms with Crippen LogP contribution in [0.15, 0.2) is 48.8 Å². The molecular formula is C17H19N3O2. The Labute approximate surface area is 129 Å². The summed E-state index contributed by atoms with van der Waals surface area (Å²) in [6.07, 6.45) is 5.63. The molecule has 114 valence electrons. The van der Waals surface area contributed by atoms with E-state index < -0.39 is 0 Å². The highest BCUT2D eigenvalue weighted by Crippen LogP contribution is 2.21. The van der Waals surface area contributed by atoms with Crippen LogP contribution in [0.3, 0.4) is 0 Å². The van der Waals surface area contributed by atoms with Crippen LogP contribution < -0.4 is 15.4 Å². The van der Waals surface area contributed by atoms with Crippen LogP contribution in [0.25, 0.3) is 0 Å². The lowest BCUT2D eigenvalue weighted by atomic mass is 10.2. The number of rotatable bonds is 5. The lowest BCUT2D eigenvalue weighted by Gasteiger charge is -2.12. The van der Waals surface area contributed by atoms with Gasteiger partial charge in [-0.25, -0.2) is 0 Å². The number of benzene rings is 1. The Kier molecular flexibility index (Phi) is 4.65. The lowest BCUT2D eigenvalue weighted by molar-refractivity contribution is 0.0950. The smallest absolute Gasteiger partial charge is 0.251 e. The fourth-order valence-electron chi connectivity index (χ4n) is 2.49. The van der Waals surface area contributed by atoms with Gasteiger partial charge in [-0.05, 0) is 49.7 Å². The van der Waals surface area contributed by atoms with E-state index in [-0.39, 0.29) is 5.91 Å². The first-order chi connectivity index (χ1) is 10.8. The molecule has 0 aliphatic carbocycles. The third kappa shape index (κ3) is 3.83. The summed E-state index contributed by atoms with van der Waals surface area (Å²) in [4.78, 5) is 16.1. The van der Waals surface area contributed by atoms with Crippen LogP contribution in [-0.2, 0) is 0 Å². The molecule has 1 saturated heterocycles. The molecule has 1 aliphatic heterocycles. The number of carbonyl (C=O) groups is 1. The van der Waals surface area contributed by atoms with Crippen molar-refractivity contribution in [1.82, 2.24) is 15.6 Å². The Bertz CT molecular complexity index is 625. The summed E-state index contributed by atoms with van der Waals surface area (Å²) in [6.45, 7) is 1.70. The Morgan fingerprint density at radius 3 is 2.91 bits per heavy atom. The van der Waals surface area contributed by atoms with Gasteiger partial charge in [0.15, 0.2) is 0 Å². The molecule has 0 saturated carbocycles.